The van der Waals surface area contributed by atoms with Gasteiger partial charge in [-0.05, 0) is 25.8 Å². The minimum atomic E-state index is -2.78. The zero-order valence-electron chi connectivity index (χ0n) is 11.2. The van der Waals surface area contributed by atoms with E-state index in [1.54, 1.807) is 0 Å². The molecule has 0 spiro atoms. The van der Waals surface area contributed by atoms with Gasteiger partial charge in [-0.15, -0.1) is 0 Å². The quantitative estimate of drug-likeness (QED) is 0.753. The van der Waals surface area contributed by atoms with Gasteiger partial charge < -0.3 is 10.6 Å². The molecule has 1 unspecified atom stereocenters. The highest BCUT2D eigenvalue weighted by Crippen LogP contribution is 2.17. The van der Waals surface area contributed by atoms with E-state index in [0.717, 1.165) is 13.0 Å². The lowest BCUT2D eigenvalue weighted by Crippen LogP contribution is -2.46. The van der Waals surface area contributed by atoms with Gasteiger partial charge in [-0.2, -0.15) is 0 Å². The molecule has 0 aromatic carbocycles. The lowest BCUT2D eigenvalue weighted by molar-refractivity contribution is 0.423. The molecule has 0 aromatic heterocycles. The highest BCUT2D eigenvalue weighted by atomic mass is 32.2. The normalized spacial score (nSPS) is 29.9. The summed E-state index contributed by atoms with van der Waals surface area (Å²) in [5.41, 5.74) is 0. The molecule has 2 rings (SSSR count). The van der Waals surface area contributed by atoms with Crippen LogP contribution in [0.25, 0.3) is 0 Å². The predicted octanol–water partition coefficient (Wildman–Crippen LogP) is 1.08. The lowest BCUT2D eigenvalue weighted by Gasteiger charge is -2.25. The molecule has 2 fully saturated rings. The van der Waals surface area contributed by atoms with Crippen molar-refractivity contribution >= 4 is 9.84 Å². The molecule has 106 valence electrons. The smallest absolute Gasteiger partial charge is 0.153 e. The van der Waals surface area contributed by atoms with E-state index in [9.17, 15) is 8.42 Å². The Hall–Kier alpha value is -0.130. The van der Waals surface area contributed by atoms with Crippen molar-refractivity contribution in [3.05, 3.63) is 0 Å². The average Bonchev–Trinajstić information content (AvgIpc) is 2.56. The van der Waals surface area contributed by atoms with Gasteiger partial charge in [-0.1, -0.05) is 25.7 Å². The van der Waals surface area contributed by atoms with Crippen molar-refractivity contribution in [2.75, 3.05) is 24.6 Å². The van der Waals surface area contributed by atoms with Crippen LogP contribution in [0.15, 0.2) is 0 Å². The van der Waals surface area contributed by atoms with Crippen LogP contribution >= 0.6 is 0 Å². The molecular formula is C13H26N2O2S. The van der Waals surface area contributed by atoms with Crippen molar-refractivity contribution in [3.63, 3.8) is 0 Å². The van der Waals surface area contributed by atoms with Crippen molar-refractivity contribution in [2.24, 2.45) is 0 Å². The second kappa shape index (κ2) is 6.87. The molecular weight excluding hydrogens is 248 g/mol. The molecule has 0 amide bonds. The summed E-state index contributed by atoms with van der Waals surface area (Å²) in [6, 6.07) is 0.815. The minimum absolute atomic E-state index is 0.155. The molecule has 18 heavy (non-hydrogen) atoms. The summed E-state index contributed by atoms with van der Waals surface area (Å²) in [6.07, 6.45) is 8.94. The number of hydrogen-bond acceptors (Lipinski definition) is 4. The molecule has 1 saturated carbocycles. The van der Waals surface area contributed by atoms with E-state index in [4.69, 9.17) is 0 Å². The number of rotatable bonds is 4. The second-order valence-corrected chi connectivity index (χ2v) is 7.93. The summed E-state index contributed by atoms with van der Waals surface area (Å²) in [4.78, 5) is 0. The summed E-state index contributed by atoms with van der Waals surface area (Å²) in [5.74, 6) is 0.624. The number of sulfone groups is 1. The van der Waals surface area contributed by atoms with E-state index in [1.807, 2.05) is 0 Å². The van der Waals surface area contributed by atoms with Crippen LogP contribution in [0, 0.1) is 0 Å². The van der Waals surface area contributed by atoms with Crippen LogP contribution < -0.4 is 10.6 Å². The van der Waals surface area contributed by atoms with Gasteiger partial charge in [0.2, 0.25) is 0 Å². The van der Waals surface area contributed by atoms with Gasteiger partial charge in [-0.3, -0.25) is 0 Å². The molecule has 1 aliphatic carbocycles. The van der Waals surface area contributed by atoms with Crippen molar-refractivity contribution in [1.82, 2.24) is 10.6 Å². The highest BCUT2D eigenvalue weighted by molar-refractivity contribution is 7.91. The van der Waals surface area contributed by atoms with Crippen molar-refractivity contribution in [2.45, 2.75) is 57.0 Å². The van der Waals surface area contributed by atoms with Crippen LogP contribution in [0.5, 0.6) is 0 Å². The van der Waals surface area contributed by atoms with Gasteiger partial charge in [0.1, 0.15) is 0 Å². The Morgan fingerprint density at radius 2 is 1.83 bits per heavy atom. The zero-order valence-corrected chi connectivity index (χ0v) is 12.0. The van der Waals surface area contributed by atoms with Gasteiger partial charge in [0, 0.05) is 18.6 Å². The molecule has 1 atom stereocenters. The fraction of sp³-hybridized carbons (Fsp3) is 1.00. The Balaban J connectivity index is 1.65. The maximum absolute atomic E-state index is 11.5. The van der Waals surface area contributed by atoms with Gasteiger partial charge in [0.25, 0.3) is 0 Å². The molecule has 5 heteroatoms. The Labute approximate surface area is 111 Å². The van der Waals surface area contributed by atoms with Crippen LogP contribution in [0.2, 0.25) is 0 Å². The Bertz CT molecular complexity index is 335. The molecule has 4 nitrogen and oxygen atoms in total. The molecule has 0 aromatic rings. The summed E-state index contributed by atoms with van der Waals surface area (Å²) >= 11 is 0. The monoisotopic (exact) mass is 274 g/mol. The zero-order chi connectivity index (χ0) is 12.8. The summed E-state index contributed by atoms with van der Waals surface area (Å²) in [5, 5.41) is 6.91. The fourth-order valence-electron chi connectivity index (χ4n) is 3.00. The van der Waals surface area contributed by atoms with Crippen LogP contribution in [-0.2, 0) is 9.84 Å². The number of hydrogen-bond donors (Lipinski definition) is 2. The van der Waals surface area contributed by atoms with Crippen LogP contribution in [0.3, 0.4) is 0 Å². The molecule has 0 radical (unpaired) electrons. The van der Waals surface area contributed by atoms with Crippen LogP contribution in [0.1, 0.15) is 44.9 Å². The first-order valence-electron chi connectivity index (χ1n) is 7.33. The minimum Gasteiger partial charge on any atom is -0.314 e. The van der Waals surface area contributed by atoms with E-state index in [0.29, 0.717) is 24.1 Å². The topological polar surface area (TPSA) is 58.2 Å². The van der Waals surface area contributed by atoms with Crippen LogP contribution in [0.4, 0.5) is 0 Å². The molecule has 2 aliphatic rings. The third kappa shape index (κ3) is 4.86. The lowest BCUT2D eigenvalue weighted by atomic mass is 10.1. The Morgan fingerprint density at radius 3 is 2.50 bits per heavy atom. The van der Waals surface area contributed by atoms with Crippen molar-refractivity contribution < 1.29 is 8.42 Å². The molecule has 0 bridgehead atoms. The Kier molecular flexibility index (Phi) is 5.45. The first kappa shape index (κ1) is 14.3. The van der Waals surface area contributed by atoms with Gasteiger partial charge in [0.05, 0.1) is 11.5 Å². The number of nitrogens with one attached hydrogen (secondary N) is 2. The average molecular weight is 274 g/mol. The third-order valence-corrected chi connectivity index (χ3v) is 5.82. The van der Waals surface area contributed by atoms with Gasteiger partial charge in [0.15, 0.2) is 9.84 Å². The Morgan fingerprint density at radius 1 is 1.11 bits per heavy atom. The molecule has 1 saturated heterocycles. The molecule has 1 aliphatic heterocycles. The first-order chi connectivity index (χ1) is 8.66. The van der Waals surface area contributed by atoms with Gasteiger partial charge in [-0.25, -0.2) is 8.42 Å². The van der Waals surface area contributed by atoms with Gasteiger partial charge >= 0.3 is 0 Å². The summed E-state index contributed by atoms with van der Waals surface area (Å²) in [7, 11) is -2.78. The van der Waals surface area contributed by atoms with E-state index >= 15 is 0 Å². The summed E-state index contributed by atoms with van der Waals surface area (Å²) < 4.78 is 23.0. The third-order valence-electron chi connectivity index (χ3n) is 4.08. The van der Waals surface area contributed by atoms with E-state index in [-0.39, 0.29) is 6.04 Å². The largest absolute Gasteiger partial charge is 0.314 e. The van der Waals surface area contributed by atoms with Crippen LogP contribution in [-0.4, -0.2) is 45.1 Å². The second-order valence-electron chi connectivity index (χ2n) is 5.70. The van der Waals surface area contributed by atoms with Crippen molar-refractivity contribution in [1.29, 1.82) is 0 Å². The fourth-order valence-corrected chi connectivity index (χ4v) is 4.49. The maximum Gasteiger partial charge on any atom is 0.153 e. The van der Waals surface area contributed by atoms with E-state index in [1.165, 1.54) is 38.5 Å². The molecule has 2 N–H and O–H groups in total. The van der Waals surface area contributed by atoms with E-state index < -0.39 is 9.84 Å². The van der Waals surface area contributed by atoms with E-state index in [2.05, 4.69) is 10.6 Å². The predicted molar refractivity (Wildman–Crippen MR) is 74.6 cm³/mol. The molecule has 1 heterocycles. The van der Waals surface area contributed by atoms with Crippen molar-refractivity contribution in [3.8, 4) is 0 Å². The summed E-state index contributed by atoms with van der Waals surface area (Å²) in [6.45, 7) is 1.56. The standard InChI is InChI=1S/C13H26N2O2S/c16-18(17)10-9-15-13(11-18)7-8-14-12-5-3-1-2-4-6-12/h12-15H,1-11H2. The SMILES string of the molecule is O=S1(=O)CCNC(CCNC2CCCCCC2)C1. The maximum atomic E-state index is 11.5. The highest BCUT2D eigenvalue weighted by Gasteiger charge is 2.23. The first-order valence-corrected chi connectivity index (χ1v) is 9.15.